The Morgan fingerprint density at radius 3 is 2.61 bits per heavy atom. The van der Waals surface area contributed by atoms with Gasteiger partial charge in [0.25, 0.3) is 0 Å². The molecule has 0 aliphatic carbocycles. The van der Waals surface area contributed by atoms with Crippen molar-refractivity contribution < 1.29 is 9.53 Å². The van der Waals surface area contributed by atoms with Crippen LogP contribution >= 0.6 is 0 Å². The molecular weight excluding hydrogens is 228 g/mol. The van der Waals surface area contributed by atoms with E-state index in [2.05, 4.69) is 25.7 Å². The number of rotatable bonds is 5. The summed E-state index contributed by atoms with van der Waals surface area (Å²) >= 11 is 0. The first-order valence-electron chi connectivity index (χ1n) is 6.30. The molecule has 0 fully saturated rings. The molecule has 0 bridgehead atoms. The van der Waals surface area contributed by atoms with Crippen LogP contribution in [-0.2, 0) is 4.74 Å². The zero-order valence-corrected chi connectivity index (χ0v) is 11.6. The lowest BCUT2D eigenvalue weighted by molar-refractivity contribution is 0.0602. The van der Waals surface area contributed by atoms with Gasteiger partial charge in [0.1, 0.15) is 0 Å². The van der Waals surface area contributed by atoms with Gasteiger partial charge in [-0.1, -0.05) is 13.0 Å². The summed E-state index contributed by atoms with van der Waals surface area (Å²) in [6, 6.07) is 5.85. The Hall–Kier alpha value is -1.71. The Morgan fingerprint density at radius 1 is 1.44 bits per heavy atom. The van der Waals surface area contributed by atoms with Crippen LogP contribution in [0.1, 0.15) is 37.6 Å². The highest BCUT2D eigenvalue weighted by atomic mass is 16.5. The molecule has 18 heavy (non-hydrogen) atoms. The van der Waals surface area contributed by atoms with Gasteiger partial charge in [-0.15, -0.1) is 0 Å². The molecule has 0 aliphatic heterocycles. The predicted molar refractivity (Wildman–Crippen MR) is 75.0 cm³/mol. The largest absolute Gasteiger partial charge is 0.465 e. The Bertz CT molecular complexity index is 418. The molecule has 0 spiro atoms. The minimum atomic E-state index is -0.394. The number of ether oxygens (including phenoxy) is 1. The molecule has 4 heteroatoms. The van der Waals surface area contributed by atoms with E-state index in [1.54, 1.807) is 6.07 Å². The number of carbonyl (C=O) groups excluding carboxylic acids is 1. The van der Waals surface area contributed by atoms with Crippen molar-refractivity contribution in [3.8, 4) is 0 Å². The van der Waals surface area contributed by atoms with Crippen LogP contribution in [0.15, 0.2) is 18.2 Å². The molecule has 0 radical (unpaired) electrons. The van der Waals surface area contributed by atoms with Gasteiger partial charge in [-0.3, -0.25) is 0 Å². The Morgan fingerprint density at radius 2 is 2.11 bits per heavy atom. The van der Waals surface area contributed by atoms with Crippen molar-refractivity contribution in [1.82, 2.24) is 0 Å². The molecule has 1 unspecified atom stereocenters. The standard InChI is InChI=1S/C14H22N2O2/c1-5-10(3)16(6-2)12-9-7-8-11(13(12)15)14(17)18-4/h7-10H,5-6,15H2,1-4H3. The third kappa shape index (κ3) is 2.75. The van der Waals surface area contributed by atoms with E-state index in [9.17, 15) is 4.79 Å². The van der Waals surface area contributed by atoms with Gasteiger partial charge in [0, 0.05) is 12.6 Å². The van der Waals surface area contributed by atoms with E-state index < -0.39 is 5.97 Å². The van der Waals surface area contributed by atoms with Crippen LogP contribution in [0, 0.1) is 0 Å². The molecular formula is C14H22N2O2. The maximum atomic E-state index is 11.6. The van der Waals surface area contributed by atoms with E-state index in [4.69, 9.17) is 10.5 Å². The van der Waals surface area contributed by atoms with Crippen molar-refractivity contribution in [1.29, 1.82) is 0 Å². The summed E-state index contributed by atoms with van der Waals surface area (Å²) in [6.45, 7) is 7.21. The van der Waals surface area contributed by atoms with Crippen LogP contribution in [-0.4, -0.2) is 25.7 Å². The zero-order chi connectivity index (χ0) is 13.7. The molecule has 0 saturated heterocycles. The fourth-order valence-corrected chi connectivity index (χ4v) is 2.03. The first kappa shape index (κ1) is 14.4. The van der Waals surface area contributed by atoms with Crippen LogP contribution < -0.4 is 10.6 Å². The van der Waals surface area contributed by atoms with Gasteiger partial charge in [0.05, 0.1) is 24.0 Å². The highest BCUT2D eigenvalue weighted by Crippen LogP contribution is 2.29. The van der Waals surface area contributed by atoms with E-state index in [0.29, 0.717) is 17.3 Å². The van der Waals surface area contributed by atoms with Crippen LogP contribution in [0.5, 0.6) is 0 Å². The molecule has 1 aromatic rings. The smallest absolute Gasteiger partial charge is 0.340 e. The molecule has 1 aromatic carbocycles. The number of anilines is 2. The summed E-state index contributed by atoms with van der Waals surface area (Å²) in [5.41, 5.74) is 7.90. The maximum Gasteiger partial charge on any atom is 0.340 e. The number of para-hydroxylation sites is 1. The predicted octanol–water partition coefficient (Wildman–Crippen LogP) is 2.68. The lowest BCUT2D eigenvalue weighted by Gasteiger charge is -2.31. The van der Waals surface area contributed by atoms with Gasteiger partial charge < -0.3 is 15.4 Å². The average molecular weight is 250 g/mol. The summed E-state index contributed by atoms with van der Waals surface area (Å²) < 4.78 is 4.73. The third-order valence-electron chi connectivity index (χ3n) is 3.26. The Kier molecular flexibility index (Phi) is 5.01. The van der Waals surface area contributed by atoms with Crippen molar-refractivity contribution in [3.63, 3.8) is 0 Å². The van der Waals surface area contributed by atoms with Crippen LogP contribution in [0.2, 0.25) is 0 Å². The lowest BCUT2D eigenvalue weighted by atomic mass is 10.1. The van der Waals surface area contributed by atoms with Gasteiger partial charge in [-0.2, -0.15) is 0 Å². The van der Waals surface area contributed by atoms with Crippen LogP contribution in [0.25, 0.3) is 0 Å². The van der Waals surface area contributed by atoms with Gasteiger partial charge in [0.2, 0.25) is 0 Å². The van der Waals surface area contributed by atoms with Gasteiger partial charge in [0.15, 0.2) is 0 Å². The van der Waals surface area contributed by atoms with Crippen LogP contribution in [0.3, 0.4) is 0 Å². The van der Waals surface area contributed by atoms with Crippen molar-refractivity contribution >= 4 is 17.3 Å². The minimum Gasteiger partial charge on any atom is -0.465 e. The summed E-state index contributed by atoms with van der Waals surface area (Å²) in [5.74, 6) is -0.394. The van der Waals surface area contributed by atoms with E-state index in [1.807, 2.05) is 12.1 Å². The third-order valence-corrected chi connectivity index (χ3v) is 3.26. The van der Waals surface area contributed by atoms with Gasteiger partial charge in [-0.05, 0) is 32.4 Å². The fraction of sp³-hybridized carbons (Fsp3) is 0.500. The molecule has 4 nitrogen and oxygen atoms in total. The number of hydrogen-bond acceptors (Lipinski definition) is 4. The van der Waals surface area contributed by atoms with Crippen molar-refractivity contribution in [2.75, 3.05) is 24.3 Å². The molecule has 0 heterocycles. The zero-order valence-electron chi connectivity index (χ0n) is 11.6. The second-order valence-electron chi connectivity index (χ2n) is 4.27. The Labute approximate surface area is 109 Å². The number of nitrogen functional groups attached to an aromatic ring is 1. The van der Waals surface area contributed by atoms with Crippen molar-refractivity contribution in [2.45, 2.75) is 33.2 Å². The summed E-state index contributed by atoms with van der Waals surface area (Å²) in [7, 11) is 1.36. The summed E-state index contributed by atoms with van der Waals surface area (Å²) in [5, 5.41) is 0. The molecule has 100 valence electrons. The SMILES string of the molecule is CCC(C)N(CC)c1cccc(C(=O)OC)c1N. The normalized spacial score (nSPS) is 12.0. The number of benzene rings is 1. The van der Waals surface area contributed by atoms with E-state index in [-0.39, 0.29) is 0 Å². The van der Waals surface area contributed by atoms with Crippen LogP contribution in [0.4, 0.5) is 11.4 Å². The van der Waals surface area contributed by atoms with Crippen molar-refractivity contribution in [3.05, 3.63) is 23.8 Å². The number of nitrogens with two attached hydrogens (primary N) is 1. The second-order valence-corrected chi connectivity index (χ2v) is 4.27. The summed E-state index contributed by atoms with van der Waals surface area (Å²) in [4.78, 5) is 13.8. The monoisotopic (exact) mass is 250 g/mol. The highest BCUT2D eigenvalue weighted by Gasteiger charge is 2.18. The van der Waals surface area contributed by atoms with E-state index in [1.165, 1.54) is 7.11 Å². The first-order valence-corrected chi connectivity index (χ1v) is 6.30. The molecule has 0 aromatic heterocycles. The van der Waals surface area contributed by atoms with Gasteiger partial charge >= 0.3 is 5.97 Å². The minimum absolute atomic E-state index is 0.380. The number of esters is 1. The molecule has 0 saturated carbocycles. The van der Waals surface area contributed by atoms with Gasteiger partial charge in [-0.25, -0.2) is 4.79 Å². The number of carbonyl (C=O) groups is 1. The number of methoxy groups -OCH3 is 1. The molecule has 0 aliphatic rings. The topological polar surface area (TPSA) is 55.6 Å². The first-order chi connectivity index (χ1) is 8.56. The van der Waals surface area contributed by atoms with E-state index >= 15 is 0 Å². The second kappa shape index (κ2) is 6.28. The lowest BCUT2D eigenvalue weighted by Crippen LogP contribution is -2.33. The van der Waals surface area contributed by atoms with Crippen molar-refractivity contribution in [2.24, 2.45) is 0 Å². The molecule has 1 atom stereocenters. The molecule has 2 N–H and O–H groups in total. The average Bonchev–Trinajstić information content (AvgIpc) is 2.40. The fourth-order valence-electron chi connectivity index (χ4n) is 2.03. The quantitative estimate of drug-likeness (QED) is 0.645. The number of nitrogens with zero attached hydrogens (tertiary/aromatic N) is 1. The molecule has 1 rings (SSSR count). The van der Waals surface area contributed by atoms with E-state index in [0.717, 1.165) is 18.7 Å². The Balaban J connectivity index is 3.20. The highest BCUT2D eigenvalue weighted by molar-refractivity contribution is 5.98. The summed E-state index contributed by atoms with van der Waals surface area (Å²) in [6.07, 6.45) is 1.02. The number of hydrogen-bond donors (Lipinski definition) is 1. The maximum absolute atomic E-state index is 11.6. The molecule has 0 amide bonds.